The van der Waals surface area contributed by atoms with Gasteiger partial charge in [-0.2, -0.15) is 0 Å². The van der Waals surface area contributed by atoms with E-state index in [-0.39, 0.29) is 0 Å². The largest absolute Gasteiger partial charge is 0.492 e. The molecule has 0 aliphatic heterocycles. The smallest absolute Gasteiger partial charge is 0.142 e. The fourth-order valence-corrected chi connectivity index (χ4v) is 2.21. The molecule has 0 spiro atoms. The summed E-state index contributed by atoms with van der Waals surface area (Å²) < 4.78 is 5.44. The van der Waals surface area contributed by atoms with Crippen molar-refractivity contribution in [2.45, 2.75) is 26.7 Å². The Morgan fingerprint density at radius 1 is 1.29 bits per heavy atom. The summed E-state index contributed by atoms with van der Waals surface area (Å²) >= 11 is 0. The normalized spacial score (nSPS) is 10.4. The van der Waals surface area contributed by atoms with E-state index in [0.29, 0.717) is 12.3 Å². The second kappa shape index (κ2) is 7.53. The molecular weight excluding hydrogens is 262 g/mol. The van der Waals surface area contributed by atoms with Crippen molar-refractivity contribution in [1.82, 2.24) is 4.98 Å². The third-order valence-corrected chi connectivity index (χ3v) is 3.32. The first-order valence-electron chi connectivity index (χ1n) is 7.37. The van der Waals surface area contributed by atoms with Crippen LogP contribution in [0.2, 0.25) is 0 Å². The molecule has 0 bridgehead atoms. The van der Waals surface area contributed by atoms with Gasteiger partial charge in [-0.1, -0.05) is 12.1 Å². The Kier molecular flexibility index (Phi) is 5.43. The summed E-state index contributed by atoms with van der Waals surface area (Å²) in [6, 6.07) is 10.0. The van der Waals surface area contributed by atoms with Crippen molar-refractivity contribution in [3.8, 4) is 5.75 Å². The molecule has 0 saturated carbocycles. The molecule has 2 aromatic rings. The number of hydrogen-bond acceptors (Lipinski definition) is 4. The Morgan fingerprint density at radius 3 is 2.86 bits per heavy atom. The van der Waals surface area contributed by atoms with E-state index in [0.717, 1.165) is 31.0 Å². The highest BCUT2D eigenvalue weighted by atomic mass is 16.5. The minimum Gasteiger partial charge on any atom is -0.492 e. The van der Waals surface area contributed by atoms with Gasteiger partial charge in [-0.15, -0.1) is 0 Å². The van der Waals surface area contributed by atoms with Crippen molar-refractivity contribution < 1.29 is 4.74 Å². The molecule has 4 heteroatoms. The standard InChI is InChI=1S/C17H23N3O/c1-3-21-16-9-8-14(12-15(16)18)7-5-11-20-17-13(2)6-4-10-19-17/h4,6,8-10,12H,3,5,7,11,18H2,1-2H3,(H,19,20). The maximum atomic E-state index is 5.97. The fourth-order valence-electron chi connectivity index (χ4n) is 2.21. The summed E-state index contributed by atoms with van der Waals surface area (Å²) in [4.78, 5) is 4.32. The molecule has 0 saturated heterocycles. The lowest BCUT2D eigenvalue weighted by atomic mass is 10.1. The third-order valence-electron chi connectivity index (χ3n) is 3.32. The van der Waals surface area contributed by atoms with Gasteiger partial charge in [-0.05, 0) is 56.0 Å². The van der Waals surface area contributed by atoms with E-state index >= 15 is 0 Å². The zero-order valence-electron chi connectivity index (χ0n) is 12.7. The molecule has 1 aromatic heterocycles. The topological polar surface area (TPSA) is 60.2 Å². The van der Waals surface area contributed by atoms with Crippen LogP contribution in [-0.2, 0) is 6.42 Å². The van der Waals surface area contributed by atoms with Gasteiger partial charge < -0.3 is 15.8 Å². The van der Waals surface area contributed by atoms with Crippen LogP contribution in [0.4, 0.5) is 11.5 Å². The van der Waals surface area contributed by atoms with Crippen molar-refractivity contribution in [2.75, 3.05) is 24.2 Å². The number of nitrogen functional groups attached to an aromatic ring is 1. The zero-order chi connectivity index (χ0) is 15.1. The highest BCUT2D eigenvalue weighted by molar-refractivity contribution is 5.54. The maximum absolute atomic E-state index is 5.97. The molecule has 1 heterocycles. The van der Waals surface area contributed by atoms with E-state index in [4.69, 9.17) is 10.5 Å². The van der Waals surface area contributed by atoms with Crippen molar-refractivity contribution in [2.24, 2.45) is 0 Å². The van der Waals surface area contributed by atoms with Crippen LogP contribution in [0.25, 0.3) is 0 Å². The summed E-state index contributed by atoms with van der Waals surface area (Å²) in [6.45, 7) is 5.54. The fraction of sp³-hybridized carbons (Fsp3) is 0.353. The van der Waals surface area contributed by atoms with Gasteiger partial charge in [0.05, 0.1) is 12.3 Å². The third kappa shape index (κ3) is 4.38. The van der Waals surface area contributed by atoms with Gasteiger partial charge in [0.25, 0.3) is 0 Å². The molecule has 0 aliphatic carbocycles. The highest BCUT2D eigenvalue weighted by Crippen LogP contribution is 2.23. The minimum atomic E-state index is 0.636. The van der Waals surface area contributed by atoms with E-state index in [1.165, 1.54) is 11.1 Å². The molecule has 1 aromatic carbocycles. The summed E-state index contributed by atoms with van der Waals surface area (Å²) in [5.74, 6) is 1.73. The molecule has 0 radical (unpaired) electrons. The van der Waals surface area contributed by atoms with Crippen molar-refractivity contribution in [3.63, 3.8) is 0 Å². The molecule has 0 unspecified atom stereocenters. The molecule has 0 atom stereocenters. The lowest BCUT2D eigenvalue weighted by Crippen LogP contribution is -2.06. The van der Waals surface area contributed by atoms with Crippen molar-refractivity contribution >= 4 is 11.5 Å². The number of nitrogens with two attached hydrogens (primary N) is 1. The number of anilines is 2. The Morgan fingerprint density at radius 2 is 2.14 bits per heavy atom. The average Bonchev–Trinajstić information content (AvgIpc) is 2.48. The van der Waals surface area contributed by atoms with Gasteiger partial charge in [-0.3, -0.25) is 0 Å². The molecule has 0 aliphatic rings. The first kappa shape index (κ1) is 15.2. The van der Waals surface area contributed by atoms with E-state index in [9.17, 15) is 0 Å². The van der Waals surface area contributed by atoms with E-state index in [2.05, 4.69) is 29.4 Å². The van der Waals surface area contributed by atoms with Gasteiger partial charge >= 0.3 is 0 Å². The van der Waals surface area contributed by atoms with Crippen LogP contribution in [0.15, 0.2) is 36.5 Å². The van der Waals surface area contributed by atoms with Gasteiger partial charge in [0, 0.05) is 12.7 Å². The minimum absolute atomic E-state index is 0.636. The van der Waals surface area contributed by atoms with Gasteiger partial charge in [0.1, 0.15) is 11.6 Å². The van der Waals surface area contributed by atoms with Gasteiger partial charge in [-0.25, -0.2) is 4.98 Å². The second-order valence-corrected chi connectivity index (χ2v) is 5.00. The lowest BCUT2D eigenvalue weighted by Gasteiger charge is -2.10. The van der Waals surface area contributed by atoms with Gasteiger partial charge in [0.2, 0.25) is 0 Å². The Bertz CT molecular complexity index is 584. The first-order valence-corrected chi connectivity index (χ1v) is 7.37. The van der Waals surface area contributed by atoms with Crippen LogP contribution in [0.5, 0.6) is 5.75 Å². The van der Waals surface area contributed by atoms with Crippen LogP contribution < -0.4 is 15.8 Å². The number of ether oxygens (including phenoxy) is 1. The molecule has 21 heavy (non-hydrogen) atoms. The molecular formula is C17H23N3O. The Balaban J connectivity index is 1.81. The first-order chi connectivity index (χ1) is 10.2. The predicted octanol–water partition coefficient (Wildman–Crippen LogP) is 3.42. The second-order valence-electron chi connectivity index (χ2n) is 5.00. The summed E-state index contributed by atoms with van der Waals surface area (Å²) in [7, 11) is 0. The number of nitrogens with zero attached hydrogens (tertiary/aromatic N) is 1. The van der Waals surface area contributed by atoms with E-state index in [1.807, 2.05) is 31.3 Å². The van der Waals surface area contributed by atoms with Crippen LogP contribution >= 0.6 is 0 Å². The number of nitrogens with one attached hydrogen (secondary N) is 1. The van der Waals surface area contributed by atoms with Crippen molar-refractivity contribution in [3.05, 3.63) is 47.7 Å². The van der Waals surface area contributed by atoms with Crippen LogP contribution in [-0.4, -0.2) is 18.1 Å². The van der Waals surface area contributed by atoms with Crippen LogP contribution in [0, 0.1) is 6.92 Å². The number of pyridine rings is 1. The average molecular weight is 285 g/mol. The summed E-state index contributed by atoms with van der Waals surface area (Å²) in [5, 5.41) is 3.36. The van der Waals surface area contributed by atoms with Crippen LogP contribution in [0.3, 0.4) is 0 Å². The number of benzene rings is 1. The Hall–Kier alpha value is -2.23. The summed E-state index contributed by atoms with van der Waals surface area (Å²) in [6.07, 6.45) is 3.82. The Labute approximate surface area is 126 Å². The van der Waals surface area contributed by atoms with Crippen molar-refractivity contribution in [1.29, 1.82) is 0 Å². The molecule has 0 amide bonds. The number of aromatic nitrogens is 1. The molecule has 0 fully saturated rings. The summed E-state index contributed by atoms with van der Waals surface area (Å²) in [5.41, 5.74) is 9.08. The quantitative estimate of drug-likeness (QED) is 0.604. The number of rotatable bonds is 7. The van der Waals surface area contributed by atoms with E-state index in [1.54, 1.807) is 0 Å². The predicted molar refractivity (Wildman–Crippen MR) is 87.8 cm³/mol. The number of aryl methyl sites for hydroxylation is 2. The molecule has 4 nitrogen and oxygen atoms in total. The van der Waals surface area contributed by atoms with Crippen LogP contribution in [0.1, 0.15) is 24.5 Å². The van der Waals surface area contributed by atoms with E-state index < -0.39 is 0 Å². The molecule has 2 rings (SSSR count). The van der Waals surface area contributed by atoms with Gasteiger partial charge in [0.15, 0.2) is 0 Å². The molecule has 112 valence electrons. The monoisotopic (exact) mass is 285 g/mol. The zero-order valence-corrected chi connectivity index (χ0v) is 12.7. The lowest BCUT2D eigenvalue weighted by molar-refractivity contribution is 0.342. The maximum Gasteiger partial charge on any atom is 0.142 e. The SMILES string of the molecule is CCOc1ccc(CCCNc2ncccc2C)cc1N. The number of hydrogen-bond donors (Lipinski definition) is 2. The highest BCUT2D eigenvalue weighted by Gasteiger charge is 2.02. The molecule has 3 N–H and O–H groups in total.